The first-order chi connectivity index (χ1) is 9.69. The molecule has 0 bridgehead atoms. The molecule has 1 aliphatic heterocycles. The van der Waals surface area contributed by atoms with Gasteiger partial charge >= 0.3 is 0 Å². The van der Waals surface area contributed by atoms with Gasteiger partial charge in [0.25, 0.3) is 0 Å². The Bertz CT molecular complexity index is 439. The molecule has 1 fully saturated rings. The van der Waals surface area contributed by atoms with Gasteiger partial charge in [-0.15, -0.1) is 12.4 Å². The molecule has 1 saturated heterocycles. The Morgan fingerprint density at radius 2 is 2.14 bits per heavy atom. The molecule has 6 heteroatoms. The number of amides is 1. The monoisotopic (exact) mass is 313 g/mol. The minimum absolute atomic E-state index is 0. The number of benzene rings is 1. The Kier molecular flexibility index (Phi) is 7.50. The van der Waals surface area contributed by atoms with Gasteiger partial charge < -0.3 is 15.4 Å². The number of ether oxygens (including phenoxy) is 1. The van der Waals surface area contributed by atoms with E-state index in [1.165, 1.54) is 0 Å². The molecular weight excluding hydrogens is 290 g/mol. The standard InChI is InChI=1S/C15H23N3O2.ClH/c1-12-11-16-8-10-18(12)9-7-15(19)17-13-3-5-14(20-2)6-4-13;/h3-6,12,16H,7-11H2,1-2H3,(H,17,19);1H/t12-;/m0./s1. The molecule has 5 nitrogen and oxygen atoms in total. The molecule has 0 unspecified atom stereocenters. The molecule has 2 rings (SSSR count). The number of hydrogen-bond acceptors (Lipinski definition) is 4. The van der Waals surface area contributed by atoms with Crippen molar-refractivity contribution in [3.63, 3.8) is 0 Å². The maximum atomic E-state index is 11.9. The number of nitrogens with one attached hydrogen (secondary N) is 2. The van der Waals surface area contributed by atoms with Crippen molar-refractivity contribution in [1.82, 2.24) is 10.2 Å². The Morgan fingerprint density at radius 1 is 1.43 bits per heavy atom. The number of piperazine rings is 1. The fraction of sp³-hybridized carbons (Fsp3) is 0.533. The molecule has 21 heavy (non-hydrogen) atoms. The van der Waals surface area contributed by atoms with Crippen molar-refractivity contribution in [2.24, 2.45) is 0 Å². The van der Waals surface area contributed by atoms with Crippen LogP contribution in [0, 0.1) is 0 Å². The summed E-state index contributed by atoms with van der Waals surface area (Å²) in [5.41, 5.74) is 0.809. The molecule has 2 N–H and O–H groups in total. The van der Waals surface area contributed by atoms with Gasteiger partial charge in [-0.1, -0.05) is 0 Å². The first-order valence-electron chi connectivity index (χ1n) is 7.07. The summed E-state index contributed by atoms with van der Waals surface area (Å²) in [7, 11) is 1.63. The first kappa shape index (κ1) is 17.8. The molecule has 0 radical (unpaired) electrons. The number of anilines is 1. The van der Waals surface area contributed by atoms with Crippen LogP contribution in [0.4, 0.5) is 5.69 Å². The van der Waals surface area contributed by atoms with E-state index in [1.807, 2.05) is 24.3 Å². The van der Waals surface area contributed by atoms with Gasteiger partial charge in [-0.05, 0) is 31.2 Å². The van der Waals surface area contributed by atoms with E-state index in [9.17, 15) is 4.79 Å². The van der Waals surface area contributed by atoms with E-state index >= 15 is 0 Å². The molecule has 0 aliphatic carbocycles. The van der Waals surface area contributed by atoms with Gasteiger partial charge in [0.05, 0.1) is 7.11 Å². The van der Waals surface area contributed by atoms with Crippen LogP contribution in [0.5, 0.6) is 5.75 Å². The summed E-state index contributed by atoms with van der Waals surface area (Å²) in [5.74, 6) is 0.846. The number of halogens is 1. The van der Waals surface area contributed by atoms with Gasteiger partial charge in [0, 0.05) is 44.3 Å². The summed E-state index contributed by atoms with van der Waals surface area (Å²) in [6.07, 6.45) is 0.524. The van der Waals surface area contributed by atoms with Crippen molar-refractivity contribution in [3.8, 4) is 5.75 Å². The second-order valence-electron chi connectivity index (χ2n) is 5.12. The van der Waals surface area contributed by atoms with E-state index in [-0.39, 0.29) is 18.3 Å². The zero-order valence-corrected chi connectivity index (χ0v) is 13.4. The molecule has 0 saturated carbocycles. The third-order valence-corrected chi connectivity index (χ3v) is 3.64. The largest absolute Gasteiger partial charge is 0.497 e. The Labute approximate surface area is 132 Å². The van der Waals surface area contributed by atoms with Crippen molar-refractivity contribution in [2.75, 3.05) is 38.6 Å². The number of hydrogen-bond donors (Lipinski definition) is 2. The highest BCUT2D eigenvalue weighted by Crippen LogP contribution is 2.15. The van der Waals surface area contributed by atoms with Gasteiger partial charge in [0.1, 0.15) is 5.75 Å². The lowest BCUT2D eigenvalue weighted by Crippen LogP contribution is -2.50. The third-order valence-electron chi connectivity index (χ3n) is 3.64. The smallest absolute Gasteiger partial charge is 0.225 e. The van der Waals surface area contributed by atoms with Gasteiger partial charge in [0.2, 0.25) is 5.91 Å². The summed E-state index contributed by atoms with van der Waals surface area (Å²) in [6, 6.07) is 7.88. The number of carbonyl (C=O) groups excluding carboxylic acids is 1. The van der Waals surface area contributed by atoms with Crippen LogP contribution < -0.4 is 15.4 Å². The Morgan fingerprint density at radius 3 is 2.76 bits per heavy atom. The van der Waals surface area contributed by atoms with Crippen LogP contribution >= 0.6 is 12.4 Å². The van der Waals surface area contributed by atoms with Gasteiger partial charge in [0.15, 0.2) is 0 Å². The molecule has 1 atom stereocenters. The molecule has 118 valence electrons. The topological polar surface area (TPSA) is 53.6 Å². The highest BCUT2D eigenvalue weighted by molar-refractivity contribution is 5.90. The quantitative estimate of drug-likeness (QED) is 0.869. The average molecular weight is 314 g/mol. The van der Waals surface area contributed by atoms with E-state index in [0.29, 0.717) is 12.5 Å². The highest BCUT2D eigenvalue weighted by Gasteiger charge is 2.18. The summed E-state index contributed by atoms with van der Waals surface area (Å²) in [6.45, 7) is 6.01. The van der Waals surface area contributed by atoms with Crippen molar-refractivity contribution >= 4 is 24.0 Å². The SMILES string of the molecule is COc1ccc(NC(=O)CCN2CCNC[C@@H]2C)cc1.Cl. The van der Waals surface area contributed by atoms with Gasteiger partial charge in [-0.2, -0.15) is 0 Å². The molecule has 0 aromatic heterocycles. The van der Waals surface area contributed by atoms with Crippen molar-refractivity contribution in [1.29, 1.82) is 0 Å². The molecular formula is C15H24ClN3O2. The minimum atomic E-state index is 0. The summed E-state index contributed by atoms with van der Waals surface area (Å²) in [4.78, 5) is 14.3. The summed E-state index contributed by atoms with van der Waals surface area (Å²) in [5, 5.41) is 6.26. The summed E-state index contributed by atoms with van der Waals surface area (Å²) >= 11 is 0. The summed E-state index contributed by atoms with van der Waals surface area (Å²) < 4.78 is 5.09. The molecule has 1 aromatic carbocycles. The van der Waals surface area contributed by atoms with E-state index in [1.54, 1.807) is 7.11 Å². The number of methoxy groups -OCH3 is 1. The van der Waals surface area contributed by atoms with Crippen molar-refractivity contribution < 1.29 is 9.53 Å². The molecule has 1 aliphatic rings. The van der Waals surface area contributed by atoms with Crippen LogP contribution in [0.1, 0.15) is 13.3 Å². The second-order valence-corrected chi connectivity index (χ2v) is 5.12. The second kappa shape index (κ2) is 8.87. The average Bonchev–Trinajstić information content (AvgIpc) is 2.47. The number of rotatable bonds is 5. The molecule has 0 spiro atoms. The Balaban J connectivity index is 0.00000220. The first-order valence-corrected chi connectivity index (χ1v) is 7.07. The lowest BCUT2D eigenvalue weighted by molar-refractivity contribution is -0.116. The predicted molar refractivity (Wildman–Crippen MR) is 87.4 cm³/mol. The van der Waals surface area contributed by atoms with E-state index in [4.69, 9.17) is 4.74 Å². The van der Waals surface area contributed by atoms with Gasteiger partial charge in [-0.3, -0.25) is 9.69 Å². The van der Waals surface area contributed by atoms with Crippen molar-refractivity contribution in [2.45, 2.75) is 19.4 Å². The predicted octanol–water partition coefficient (Wildman–Crippen LogP) is 1.74. The highest BCUT2D eigenvalue weighted by atomic mass is 35.5. The molecule has 1 aromatic rings. The fourth-order valence-corrected chi connectivity index (χ4v) is 2.36. The van der Waals surface area contributed by atoms with E-state index in [2.05, 4.69) is 22.5 Å². The van der Waals surface area contributed by atoms with E-state index in [0.717, 1.165) is 37.6 Å². The van der Waals surface area contributed by atoms with E-state index < -0.39 is 0 Å². The van der Waals surface area contributed by atoms with Crippen LogP contribution in [0.3, 0.4) is 0 Å². The normalized spacial score (nSPS) is 18.7. The van der Waals surface area contributed by atoms with Gasteiger partial charge in [-0.25, -0.2) is 0 Å². The van der Waals surface area contributed by atoms with Crippen LogP contribution in [0.15, 0.2) is 24.3 Å². The lowest BCUT2D eigenvalue weighted by Gasteiger charge is -2.33. The molecule has 1 amide bonds. The van der Waals surface area contributed by atoms with Crippen LogP contribution in [0.25, 0.3) is 0 Å². The maximum absolute atomic E-state index is 11.9. The zero-order chi connectivity index (χ0) is 14.4. The maximum Gasteiger partial charge on any atom is 0.225 e. The lowest BCUT2D eigenvalue weighted by atomic mass is 10.2. The zero-order valence-electron chi connectivity index (χ0n) is 12.6. The van der Waals surface area contributed by atoms with Crippen LogP contribution in [-0.2, 0) is 4.79 Å². The van der Waals surface area contributed by atoms with Crippen LogP contribution in [-0.4, -0.2) is 50.1 Å². The Hall–Kier alpha value is -1.30. The van der Waals surface area contributed by atoms with Crippen LogP contribution in [0.2, 0.25) is 0 Å². The third kappa shape index (κ3) is 5.53. The van der Waals surface area contributed by atoms with Crippen molar-refractivity contribution in [3.05, 3.63) is 24.3 Å². The number of nitrogens with zero attached hydrogens (tertiary/aromatic N) is 1. The molecule has 1 heterocycles. The number of carbonyl (C=O) groups is 1. The fourth-order valence-electron chi connectivity index (χ4n) is 2.36. The minimum Gasteiger partial charge on any atom is -0.497 e.